The van der Waals surface area contributed by atoms with Gasteiger partial charge in [-0.05, 0) is 60.6 Å². The number of sulfonamides is 1. The van der Waals surface area contributed by atoms with E-state index in [1.165, 1.54) is 11.8 Å². The number of carbonyl (C=O) groups is 1. The number of rotatable bonds is 11. The lowest BCUT2D eigenvalue weighted by Gasteiger charge is -2.31. The number of ketones is 1. The van der Waals surface area contributed by atoms with Gasteiger partial charge < -0.3 is 15.3 Å². The molecule has 1 aliphatic heterocycles. The molecule has 0 atom stereocenters. The van der Waals surface area contributed by atoms with Gasteiger partial charge in [0.25, 0.3) is 0 Å². The van der Waals surface area contributed by atoms with Crippen LogP contribution < -0.4 is 5.73 Å². The van der Waals surface area contributed by atoms with Crippen LogP contribution in [0, 0.1) is 0 Å². The van der Waals surface area contributed by atoms with Gasteiger partial charge >= 0.3 is 0 Å². The first-order valence-electron chi connectivity index (χ1n) is 14.3. The number of piperidine rings is 1. The molecule has 3 N–H and O–H groups in total. The summed E-state index contributed by atoms with van der Waals surface area (Å²) in [4.78, 5) is 16.4. The summed E-state index contributed by atoms with van der Waals surface area (Å²) in [6.45, 7) is 3.16. The van der Waals surface area contributed by atoms with Crippen LogP contribution in [0.25, 0.3) is 22.0 Å². The van der Waals surface area contributed by atoms with Crippen molar-refractivity contribution >= 4 is 43.9 Å². The lowest BCUT2D eigenvalue weighted by atomic mass is 9.99. The van der Waals surface area contributed by atoms with Crippen molar-refractivity contribution < 1.29 is 13.2 Å². The Bertz CT molecular complexity index is 1680. The summed E-state index contributed by atoms with van der Waals surface area (Å²) in [5.41, 5.74) is 13.3. The van der Waals surface area contributed by atoms with Gasteiger partial charge in [-0.2, -0.15) is 0 Å². The minimum absolute atomic E-state index is 0.171. The number of H-pyrrole nitrogens is 1. The van der Waals surface area contributed by atoms with Crippen molar-refractivity contribution in [3.8, 4) is 11.1 Å². The second-order valence-electron chi connectivity index (χ2n) is 11.1. The number of nitrogens with zero attached hydrogens (tertiary/aromatic N) is 2. The number of hydrogen-bond acceptors (Lipinski definition) is 4. The Labute approximate surface area is 247 Å². The molecule has 0 aliphatic carbocycles. The van der Waals surface area contributed by atoms with Gasteiger partial charge in [0, 0.05) is 72.1 Å². The third kappa shape index (κ3) is 6.80. The van der Waals surface area contributed by atoms with Crippen LogP contribution in [-0.2, 0) is 34.1 Å². The van der Waals surface area contributed by atoms with E-state index < -0.39 is 10.0 Å². The molecule has 0 spiro atoms. The van der Waals surface area contributed by atoms with Crippen LogP contribution in [0.1, 0.15) is 61.0 Å². The maximum atomic E-state index is 12.8. The predicted molar refractivity (Wildman–Crippen MR) is 170 cm³/mol. The average molecular weight is 591 g/mol. The quantitative estimate of drug-likeness (QED) is 0.223. The Morgan fingerprint density at radius 2 is 1.85 bits per heavy atom. The average Bonchev–Trinajstić information content (AvgIpc) is 3.56. The normalized spacial score (nSPS) is 15.0. The molecule has 0 bridgehead atoms. The van der Waals surface area contributed by atoms with Gasteiger partial charge in [-0.15, -0.1) is 0 Å². The maximum absolute atomic E-state index is 12.8. The number of thiocarbonyl (C=S) groups is 1. The van der Waals surface area contributed by atoms with Crippen molar-refractivity contribution in [1.29, 1.82) is 0 Å². The van der Waals surface area contributed by atoms with E-state index in [1.807, 2.05) is 24.4 Å². The summed E-state index contributed by atoms with van der Waals surface area (Å²) >= 11 is 5.23. The molecule has 1 aliphatic rings. The molecule has 216 valence electrons. The molecule has 9 heteroatoms. The second kappa shape index (κ2) is 12.3. The summed E-state index contributed by atoms with van der Waals surface area (Å²) in [6.07, 6.45) is 10.6. The predicted octanol–water partition coefficient (Wildman–Crippen LogP) is 5.56. The molecule has 0 unspecified atom stereocenters. The monoisotopic (exact) mass is 590 g/mol. The van der Waals surface area contributed by atoms with Crippen molar-refractivity contribution in [3.63, 3.8) is 0 Å². The first-order chi connectivity index (χ1) is 19.6. The van der Waals surface area contributed by atoms with E-state index in [0.717, 1.165) is 64.5 Å². The molecule has 41 heavy (non-hydrogen) atoms. The molecule has 0 saturated carbocycles. The molecule has 2 aromatic carbocycles. The first kappa shape index (κ1) is 29.2. The molecular weight excluding hydrogens is 553 g/mol. The Hall–Kier alpha value is -3.27. The number of carbonyl (C=O) groups excluding carboxylic acids is 1. The molecule has 7 nitrogen and oxygen atoms in total. The van der Waals surface area contributed by atoms with Crippen LogP contribution in [-0.4, -0.2) is 52.4 Å². The van der Waals surface area contributed by atoms with Crippen molar-refractivity contribution in [3.05, 3.63) is 83.3 Å². The van der Waals surface area contributed by atoms with Gasteiger partial charge in [-0.25, -0.2) is 12.7 Å². The SMILES string of the molecule is CCCc1c[nH]c(CC(=O)CCc2ccc3c(-c4cccc(C(N)=S)c4)cn(C4CCN(S(C)(=O)=O)CC4)c3c2)c1. The number of nitrogens with two attached hydrogens (primary N) is 1. The van der Waals surface area contributed by atoms with E-state index in [4.69, 9.17) is 18.0 Å². The number of aryl methyl sites for hydroxylation is 2. The third-order valence-electron chi connectivity index (χ3n) is 8.06. The Kier molecular flexibility index (Phi) is 8.77. The zero-order chi connectivity index (χ0) is 29.1. The number of fused-ring (bicyclic) bond motifs is 1. The fourth-order valence-corrected chi connectivity index (χ4v) is 6.89. The van der Waals surface area contributed by atoms with Crippen molar-refractivity contribution in [2.45, 2.75) is 57.9 Å². The summed E-state index contributed by atoms with van der Waals surface area (Å²) in [6, 6.07) is 16.7. The van der Waals surface area contributed by atoms with E-state index in [1.54, 1.807) is 4.31 Å². The molecule has 0 amide bonds. The number of benzene rings is 2. The molecule has 1 saturated heterocycles. The van der Waals surface area contributed by atoms with Crippen LogP contribution in [0.5, 0.6) is 0 Å². The van der Waals surface area contributed by atoms with Crippen molar-refractivity contribution in [2.75, 3.05) is 19.3 Å². The Morgan fingerprint density at radius 1 is 1.07 bits per heavy atom. The zero-order valence-electron chi connectivity index (χ0n) is 23.7. The number of hydrogen-bond donors (Lipinski definition) is 2. The van der Waals surface area contributed by atoms with E-state index in [9.17, 15) is 13.2 Å². The standard InChI is InChI=1S/C32H38N4O3S2/c1-3-5-23-16-26(34-20-23)19-28(37)10-8-22-9-11-29-30(24-6-4-7-25(18-24)32(33)40)21-36(31(29)17-22)27-12-14-35(15-13-27)41(2,38)39/h4,6-7,9,11,16-18,20-21,27,34H,3,5,8,10,12-15,19H2,1-2H3,(H2,33,40). The van der Waals surface area contributed by atoms with Gasteiger partial charge in [0.1, 0.15) is 10.8 Å². The van der Waals surface area contributed by atoms with Gasteiger partial charge in [0.05, 0.1) is 6.26 Å². The fraction of sp³-hybridized carbons (Fsp3) is 0.375. The number of aromatic amines is 1. The zero-order valence-corrected chi connectivity index (χ0v) is 25.4. The molecule has 1 fully saturated rings. The molecule has 0 radical (unpaired) electrons. The lowest BCUT2D eigenvalue weighted by molar-refractivity contribution is -0.118. The second-order valence-corrected chi connectivity index (χ2v) is 13.6. The summed E-state index contributed by atoms with van der Waals surface area (Å²) in [7, 11) is -3.21. The van der Waals surface area contributed by atoms with Crippen LogP contribution >= 0.6 is 12.2 Å². The Balaban J connectivity index is 1.41. The van der Waals surface area contributed by atoms with Gasteiger partial charge in [0.2, 0.25) is 10.0 Å². The third-order valence-corrected chi connectivity index (χ3v) is 9.60. The van der Waals surface area contributed by atoms with E-state index >= 15 is 0 Å². The molecule has 2 aromatic heterocycles. The van der Waals surface area contributed by atoms with E-state index in [-0.39, 0.29) is 11.8 Å². The van der Waals surface area contributed by atoms with Crippen molar-refractivity contribution in [1.82, 2.24) is 13.9 Å². The van der Waals surface area contributed by atoms with Crippen LogP contribution in [0.3, 0.4) is 0 Å². The molecule has 5 rings (SSSR count). The highest BCUT2D eigenvalue weighted by Gasteiger charge is 2.27. The lowest BCUT2D eigenvalue weighted by Crippen LogP contribution is -2.38. The van der Waals surface area contributed by atoms with E-state index in [0.29, 0.717) is 37.3 Å². The first-order valence-corrected chi connectivity index (χ1v) is 16.5. The van der Waals surface area contributed by atoms with Crippen LogP contribution in [0.4, 0.5) is 0 Å². The highest BCUT2D eigenvalue weighted by Crippen LogP contribution is 2.36. The number of aromatic nitrogens is 2. The molecule has 3 heterocycles. The molecular formula is C32H38N4O3S2. The van der Waals surface area contributed by atoms with Gasteiger partial charge in [0.15, 0.2) is 0 Å². The van der Waals surface area contributed by atoms with E-state index in [2.05, 4.69) is 53.0 Å². The number of Topliss-reactive ketones (excluding diaryl/α,β-unsaturated/α-hetero) is 1. The summed E-state index contributed by atoms with van der Waals surface area (Å²) < 4.78 is 28.1. The van der Waals surface area contributed by atoms with Crippen LogP contribution in [0.2, 0.25) is 0 Å². The van der Waals surface area contributed by atoms with Crippen molar-refractivity contribution in [2.24, 2.45) is 5.73 Å². The highest BCUT2D eigenvalue weighted by atomic mass is 32.2. The number of nitrogens with one attached hydrogen (secondary N) is 1. The molecule has 4 aromatic rings. The minimum Gasteiger partial charge on any atom is -0.389 e. The summed E-state index contributed by atoms with van der Waals surface area (Å²) in [5, 5.41) is 1.11. The fourth-order valence-electron chi connectivity index (χ4n) is 5.89. The highest BCUT2D eigenvalue weighted by molar-refractivity contribution is 7.88. The van der Waals surface area contributed by atoms with Gasteiger partial charge in [-0.3, -0.25) is 4.79 Å². The minimum atomic E-state index is -3.21. The maximum Gasteiger partial charge on any atom is 0.211 e. The summed E-state index contributed by atoms with van der Waals surface area (Å²) in [5.74, 6) is 0.216. The Morgan fingerprint density at radius 3 is 2.56 bits per heavy atom. The van der Waals surface area contributed by atoms with Crippen LogP contribution in [0.15, 0.2) is 60.9 Å². The smallest absolute Gasteiger partial charge is 0.211 e. The largest absolute Gasteiger partial charge is 0.389 e. The van der Waals surface area contributed by atoms with Gasteiger partial charge in [-0.1, -0.05) is 55.9 Å². The topological polar surface area (TPSA) is 101 Å².